The fraction of sp³-hybridized carbons (Fsp3) is 0.208. The molecule has 0 aliphatic rings. The van der Waals surface area contributed by atoms with Crippen molar-refractivity contribution in [2.24, 2.45) is 10.2 Å². The van der Waals surface area contributed by atoms with Gasteiger partial charge in [0, 0.05) is 22.9 Å². The summed E-state index contributed by atoms with van der Waals surface area (Å²) in [6.07, 6.45) is -0.290. The molecule has 35 heavy (non-hydrogen) atoms. The summed E-state index contributed by atoms with van der Waals surface area (Å²) in [7, 11) is 0. The van der Waals surface area contributed by atoms with Gasteiger partial charge in [-0.1, -0.05) is 60.7 Å². The largest absolute Gasteiger partial charge is 0.493 e. The zero-order valence-electron chi connectivity index (χ0n) is 19.3. The number of carbonyl (C=O) groups excluding carboxylic acids is 2. The third-order valence-electron chi connectivity index (χ3n) is 3.84. The van der Waals surface area contributed by atoms with Crippen LogP contribution in [0.5, 0.6) is 5.88 Å². The molecule has 0 aliphatic carbocycles. The van der Waals surface area contributed by atoms with E-state index >= 15 is 0 Å². The molecular weight excluding hydrogens is 476 g/mol. The summed E-state index contributed by atoms with van der Waals surface area (Å²) >= 11 is 5.15. The van der Waals surface area contributed by atoms with Gasteiger partial charge in [-0.25, -0.2) is 0 Å². The Hall–Kier alpha value is -4.18. The van der Waals surface area contributed by atoms with Crippen LogP contribution in [0.1, 0.15) is 25.8 Å². The lowest BCUT2D eigenvalue weighted by Crippen LogP contribution is -2.13. The molecule has 4 N–H and O–H groups in total. The van der Waals surface area contributed by atoms with Gasteiger partial charge in [0.2, 0.25) is 5.88 Å². The number of rotatable bonds is 6. The number of ether oxygens (including phenoxy) is 2. The van der Waals surface area contributed by atoms with Crippen LogP contribution < -0.4 is 11.3 Å². The molecule has 0 saturated carbocycles. The number of halogens is 1. The van der Waals surface area contributed by atoms with Crippen molar-refractivity contribution in [3.8, 4) is 17.3 Å². The number of nitrogens with two attached hydrogens (primary N) is 1. The maximum Gasteiger partial charge on any atom is 0.317 e. The summed E-state index contributed by atoms with van der Waals surface area (Å²) in [5.41, 5.74) is 6.66. The summed E-state index contributed by atoms with van der Waals surface area (Å²) in [5, 5.41) is 9.12. The number of benzene rings is 2. The van der Waals surface area contributed by atoms with Gasteiger partial charge in [-0.05, 0) is 13.8 Å². The summed E-state index contributed by atoms with van der Waals surface area (Å²) in [6.45, 7) is 3.95. The SMILES string of the molecule is CCOC(=O)CC(=O)OCC.NC(=NCl)c1ccccc1.O=c1cc(O)nc(-c2ccccc2)[nH]1. The number of aromatic nitrogens is 2. The van der Waals surface area contributed by atoms with Crippen LogP contribution in [-0.4, -0.2) is 46.1 Å². The number of hydrogen-bond donors (Lipinski definition) is 3. The van der Waals surface area contributed by atoms with Crippen molar-refractivity contribution in [1.82, 2.24) is 9.97 Å². The molecule has 1 aromatic heterocycles. The molecule has 0 radical (unpaired) electrons. The molecule has 0 aliphatic heterocycles. The molecule has 186 valence electrons. The van der Waals surface area contributed by atoms with Crippen LogP contribution in [-0.2, 0) is 19.1 Å². The van der Waals surface area contributed by atoms with Gasteiger partial charge >= 0.3 is 11.9 Å². The number of nitrogens with one attached hydrogen (secondary N) is 1. The van der Waals surface area contributed by atoms with Gasteiger partial charge in [-0.3, -0.25) is 14.4 Å². The lowest BCUT2D eigenvalue weighted by Gasteiger charge is -2.00. The molecule has 3 aromatic rings. The van der Waals surface area contributed by atoms with Crippen molar-refractivity contribution in [2.45, 2.75) is 20.3 Å². The number of aromatic hydroxyl groups is 1. The minimum absolute atomic E-state index is 0.271. The second-order valence-electron chi connectivity index (χ2n) is 6.44. The first kappa shape index (κ1) is 28.9. The minimum Gasteiger partial charge on any atom is -0.493 e. The number of amidine groups is 1. The normalized spacial score (nSPS) is 10.1. The Labute approximate surface area is 207 Å². The van der Waals surface area contributed by atoms with Crippen LogP contribution >= 0.6 is 11.8 Å². The van der Waals surface area contributed by atoms with Gasteiger partial charge in [0.25, 0.3) is 5.56 Å². The molecule has 11 heteroatoms. The van der Waals surface area contributed by atoms with Crippen LogP contribution in [0.3, 0.4) is 0 Å². The highest BCUT2D eigenvalue weighted by molar-refractivity contribution is 6.22. The molecule has 3 rings (SSSR count). The van der Waals surface area contributed by atoms with Gasteiger partial charge < -0.3 is 25.3 Å². The highest BCUT2D eigenvalue weighted by Gasteiger charge is 2.09. The van der Waals surface area contributed by atoms with Gasteiger partial charge in [0.05, 0.1) is 19.3 Å². The van der Waals surface area contributed by atoms with E-state index in [0.717, 1.165) is 17.2 Å². The van der Waals surface area contributed by atoms with Gasteiger partial charge in [-0.15, -0.1) is 0 Å². The summed E-state index contributed by atoms with van der Waals surface area (Å²) in [4.78, 5) is 38.6. The predicted molar refractivity (Wildman–Crippen MR) is 133 cm³/mol. The highest BCUT2D eigenvalue weighted by Crippen LogP contribution is 2.13. The van der Waals surface area contributed by atoms with Gasteiger partial charge in [0.15, 0.2) is 0 Å². The Morgan fingerprint density at radius 3 is 1.97 bits per heavy atom. The predicted octanol–water partition coefficient (Wildman–Crippen LogP) is 3.19. The fourth-order valence-electron chi connectivity index (χ4n) is 2.38. The van der Waals surface area contributed by atoms with Crippen molar-refractivity contribution < 1.29 is 24.2 Å². The van der Waals surface area contributed by atoms with E-state index in [2.05, 4.69) is 24.0 Å². The van der Waals surface area contributed by atoms with Crippen molar-refractivity contribution in [1.29, 1.82) is 0 Å². The van der Waals surface area contributed by atoms with Crippen LogP contribution in [0.2, 0.25) is 0 Å². The van der Waals surface area contributed by atoms with Crippen LogP contribution in [0.25, 0.3) is 11.4 Å². The zero-order valence-corrected chi connectivity index (χ0v) is 20.1. The molecule has 0 spiro atoms. The number of H-pyrrole nitrogens is 1. The first-order valence-corrected chi connectivity index (χ1v) is 10.8. The molecule has 0 fully saturated rings. The van der Waals surface area contributed by atoms with E-state index in [4.69, 9.17) is 22.6 Å². The summed E-state index contributed by atoms with van der Waals surface area (Å²) < 4.78 is 12.4. The molecule has 10 nitrogen and oxygen atoms in total. The minimum atomic E-state index is -0.536. The van der Waals surface area contributed by atoms with E-state index in [1.807, 2.05) is 48.5 Å². The summed E-state index contributed by atoms with van der Waals surface area (Å²) in [5.74, 6) is -0.623. The number of nitrogens with zero attached hydrogens (tertiary/aromatic N) is 2. The molecule has 0 atom stereocenters. The van der Waals surface area contributed by atoms with Gasteiger partial charge in [-0.2, -0.15) is 9.50 Å². The maximum absolute atomic E-state index is 11.0. The first-order valence-electron chi connectivity index (χ1n) is 10.5. The average molecular weight is 503 g/mol. The fourth-order valence-corrected chi connectivity index (χ4v) is 2.47. The van der Waals surface area contributed by atoms with Crippen molar-refractivity contribution in [3.63, 3.8) is 0 Å². The number of hydrogen-bond acceptors (Lipinski definition) is 8. The topological polar surface area (TPSA) is 157 Å². The smallest absolute Gasteiger partial charge is 0.317 e. The monoisotopic (exact) mass is 502 g/mol. The third kappa shape index (κ3) is 12.0. The molecule has 2 aromatic carbocycles. The van der Waals surface area contributed by atoms with Crippen LogP contribution in [0.4, 0.5) is 0 Å². The summed E-state index contributed by atoms with van der Waals surface area (Å²) in [6, 6.07) is 19.5. The van der Waals surface area contributed by atoms with Gasteiger partial charge in [0.1, 0.15) is 18.1 Å². The van der Waals surface area contributed by atoms with Crippen LogP contribution in [0, 0.1) is 0 Å². The lowest BCUT2D eigenvalue weighted by molar-refractivity contribution is -0.153. The molecule has 0 unspecified atom stereocenters. The van der Waals surface area contributed by atoms with E-state index < -0.39 is 11.9 Å². The van der Waals surface area contributed by atoms with E-state index in [0.29, 0.717) is 11.7 Å². The van der Waals surface area contributed by atoms with E-state index in [-0.39, 0.29) is 31.1 Å². The Morgan fingerprint density at radius 1 is 1.00 bits per heavy atom. The van der Waals surface area contributed by atoms with Crippen molar-refractivity contribution in [2.75, 3.05) is 13.2 Å². The highest BCUT2D eigenvalue weighted by atomic mass is 35.5. The Kier molecular flexibility index (Phi) is 13.5. The average Bonchev–Trinajstić information content (AvgIpc) is 2.85. The molecule has 0 saturated heterocycles. The van der Waals surface area contributed by atoms with Crippen molar-refractivity contribution in [3.05, 3.63) is 82.6 Å². The number of esters is 2. The standard InChI is InChI=1S/C10H8N2O2.C7H7ClN2.C7H12O4/c13-8-6-9(14)12-10(11-8)7-4-2-1-3-5-7;8-10-7(9)6-4-2-1-3-5-6;1-3-10-6(8)5-7(9)11-4-2/h1-6H,(H2,11,12,13,14);1-5H,(H2,9,10);3-5H2,1-2H3. The first-order chi connectivity index (χ1) is 16.8. The molecular formula is C24H27ClN4O6. The van der Waals surface area contributed by atoms with Crippen molar-refractivity contribution >= 4 is 29.6 Å². The van der Waals surface area contributed by atoms with E-state index in [1.54, 1.807) is 26.0 Å². The maximum atomic E-state index is 11.0. The molecule has 0 bridgehead atoms. The lowest BCUT2D eigenvalue weighted by atomic mass is 10.2. The second kappa shape index (κ2) is 16.4. The second-order valence-corrected chi connectivity index (χ2v) is 6.61. The number of aromatic amines is 1. The quantitative estimate of drug-likeness (QED) is 0.201. The Balaban J connectivity index is 0.000000268. The molecule has 1 heterocycles. The Bertz CT molecular complexity index is 1120. The number of carbonyl (C=O) groups is 2. The van der Waals surface area contributed by atoms with E-state index in [1.165, 1.54) is 0 Å². The third-order valence-corrected chi connectivity index (χ3v) is 4.02. The zero-order chi connectivity index (χ0) is 26.1. The van der Waals surface area contributed by atoms with Crippen LogP contribution in [0.15, 0.2) is 76.0 Å². The Morgan fingerprint density at radius 2 is 1.51 bits per heavy atom. The van der Waals surface area contributed by atoms with E-state index in [9.17, 15) is 14.4 Å². The molecule has 0 amide bonds.